The second-order valence-corrected chi connectivity index (χ2v) is 34.2. The Bertz CT molecular complexity index is 4870. The second-order valence-electron chi connectivity index (χ2n) is 34.2. The molecule has 6 aromatic rings. The molecule has 11 N–H and O–H groups in total. The van der Waals surface area contributed by atoms with Gasteiger partial charge in [0.25, 0.3) is 23.6 Å². The number of hydrogen-bond donors (Lipinski definition) is 8. The number of nitrogens with two attached hydrogens (primary N) is 3. The Balaban J connectivity index is 0.553. The predicted molar refractivity (Wildman–Crippen MR) is 466 cm³/mol. The molecule has 4 saturated heterocycles. The average molecular weight is 1750 g/mol. The number of carbonyl (C=O) groups is 8. The van der Waals surface area contributed by atoms with Crippen LogP contribution in [0.5, 0.6) is 0 Å². The SMILES string of the molecule is CO[C@H]1C[C@@H]2CC[C@@H](C)[C@@](O)(O2)C(=O)C(=O)N2CCCC[C@H]2C(=O)O[C@H]([C@H](N)C[C@@H]2CC[C@@H](OC(=O)NCc3cnc(N4CCN(C(=O)CCOCCN5CCN(c6ncc(C(=O)NCCCCn7nc(-c8ccc9oc(N)nc9c8)c8c(N)ncnc87)cn6)CC5)CC4)nc3)[C@H](OC)C2)CC(=O)[C@H](C)/C=C(\C)[C@@H](O)[C@@H](O)C(=O)[C@H](C)C[C@H](C)/C=C/C=C/C=C/1C. The maximum absolute atomic E-state index is 14.7. The number of aliphatic hydroxyl groups is 3. The average Bonchev–Trinajstić information content (AvgIpc) is 1.61. The number of benzene rings is 1. The van der Waals surface area contributed by atoms with E-state index >= 15 is 0 Å². The van der Waals surface area contributed by atoms with E-state index in [2.05, 4.69) is 55.3 Å². The number of hydrogen-bond acceptors (Lipinski definition) is 32. The van der Waals surface area contributed by atoms with Gasteiger partial charge in [0.15, 0.2) is 17.0 Å². The molecule has 1 aliphatic carbocycles. The van der Waals surface area contributed by atoms with Crippen molar-refractivity contribution >= 4 is 93.0 Å². The summed E-state index contributed by atoms with van der Waals surface area (Å²) in [5, 5.41) is 45.9. The fraction of sp³-hybridized carbons (Fsp3) is 0.596. The smallest absolute Gasteiger partial charge is 0.407 e. The third kappa shape index (κ3) is 24.2. The van der Waals surface area contributed by atoms with Crippen molar-refractivity contribution in [1.29, 1.82) is 0 Å². The van der Waals surface area contributed by atoms with Gasteiger partial charge < -0.3 is 95.6 Å². The largest absolute Gasteiger partial charge is 0.459 e. The lowest BCUT2D eigenvalue weighted by Crippen LogP contribution is -2.61. The molecule has 1 aromatic carbocycles. The van der Waals surface area contributed by atoms with Crippen LogP contribution in [0.25, 0.3) is 33.4 Å². The fourth-order valence-electron chi connectivity index (χ4n) is 17.5. The maximum atomic E-state index is 14.7. The van der Waals surface area contributed by atoms with Gasteiger partial charge in [-0.25, -0.2) is 44.2 Å². The lowest BCUT2D eigenvalue weighted by atomic mass is 9.80. The number of cyclic esters (lactones) is 1. The molecule has 15 atom stereocenters. The first-order valence-electron chi connectivity index (χ1n) is 44.0. The third-order valence-corrected chi connectivity index (χ3v) is 25.2. The molecule has 682 valence electrons. The maximum Gasteiger partial charge on any atom is 0.407 e. The molecule has 126 heavy (non-hydrogen) atoms. The summed E-state index contributed by atoms with van der Waals surface area (Å²) in [6.07, 6.45) is 15.9. The molecule has 12 rings (SSSR count). The van der Waals surface area contributed by atoms with E-state index in [1.54, 1.807) is 63.4 Å². The van der Waals surface area contributed by atoms with E-state index in [-0.39, 0.29) is 74.0 Å². The number of Topliss-reactive ketones (excluding diaryl/α,β-unsaturated/α-hetero) is 3. The highest BCUT2D eigenvalue weighted by atomic mass is 16.6. The summed E-state index contributed by atoms with van der Waals surface area (Å²) >= 11 is 0. The Kier molecular flexibility index (Phi) is 33.1. The number of ether oxygens (including phenoxy) is 6. The number of alkyl carbamates (subject to hydrolysis) is 1. The number of amides is 4. The van der Waals surface area contributed by atoms with E-state index in [0.717, 1.165) is 29.1 Å². The van der Waals surface area contributed by atoms with Crippen molar-refractivity contribution in [2.75, 3.05) is 121 Å². The summed E-state index contributed by atoms with van der Waals surface area (Å²) in [7, 11) is 3.06. The molecule has 5 fully saturated rings. The van der Waals surface area contributed by atoms with Crippen molar-refractivity contribution in [3.63, 3.8) is 0 Å². The number of ketones is 3. The lowest BCUT2D eigenvalue weighted by molar-refractivity contribution is -0.265. The van der Waals surface area contributed by atoms with Crippen LogP contribution in [0.2, 0.25) is 0 Å². The van der Waals surface area contributed by atoms with Gasteiger partial charge in [0.1, 0.15) is 59.6 Å². The van der Waals surface area contributed by atoms with E-state index in [0.29, 0.717) is 193 Å². The number of aryl methyl sites for hydroxylation is 1. The van der Waals surface area contributed by atoms with Crippen molar-refractivity contribution in [2.45, 2.75) is 212 Å². The minimum absolute atomic E-state index is 0.00155. The molecule has 5 aliphatic heterocycles. The number of nitrogens with zero attached hydrogens (tertiary/aromatic N) is 14. The standard InChI is InChI=1S/C89H123N19O18/c1-53-16-10-9-11-17-54(2)70(120-7)45-63-22-19-58(6)89(119,126-63)79(114)83(116)107-27-14-12-18-66(107)84(117)123-71(46-67(109)55(3)41-57(5)77(112)78(113)76(111)56(4)40-53)64(90)42-59-20-23-69(72(43-59)121-8)125-88(118)98-49-60-47-94-86(95-48-60)106-35-33-104(34-36-106)73(110)25-38-122-39-37-103-29-31-105(32-30-103)87-96-50-62(51-97-87)82(115)93-26-13-15-28-108-81-74(80(91)99-52-100-81)75(102-108)61-21-24-68-65(44-61)101-85(92)124-68/h9-11,16-17,21,24,41,44,47-48,50-53,55-56,58-59,63-64,66,69-72,77-78,112-113,119H,12-15,18-20,22-23,25-40,42-43,45-46,49,90H2,1-8H3,(H2,92,101)(H,93,115)(H,98,118)(H2,91,99,100)/b11-9+,16-10+,54-17+,57-41+/t53-,55-,56-,58-,59+,63+,64-,66+,69-,70+,71+,72-,77-,78+,89-/m1/s1. The van der Waals surface area contributed by atoms with Crippen molar-refractivity contribution in [3.8, 4) is 11.3 Å². The number of nitrogens with one attached hydrogen (secondary N) is 2. The minimum atomic E-state index is -2.52. The number of carbonyl (C=O) groups excluding carboxylic acids is 8. The quantitative estimate of drug-likeness (QED) is 0.0159. The molecular formula is C89H123N19O18. The Hall–Kier alpha value is -10.6. The van der Waals surface area contributed by atoms with Gasteiger partial charge in [-0.3, -0.25) is 33.7 Å². The Labute approximate surface area is 733 Å². The van der Waals surface area contributed by atoms with Gasteiger partial charge in [0.2, 0.25) is 23.6 Å². The van der Waals surface area contributed by atoms with Gasteiger partial charge in [-0.15, -0.1) is 0 Å². The van der Waals surface area contributed by atoms with Crippen LogP contribution in [0.1, 0.15) is 154 Å². The van der Waals surface area contributed by atoms with Gasteiger partial charge >= 0.3 is 12.1 Å². The molecule has 6 aliphatic rings. The monoisotopic (exact) mass is 1750 g/mol. The van der Waals surface area contributed by atoms with Crippen LogP contribution in [-0.4, -0.2) is 282 Å². The first-order valence-corrected chi connectivity index (χ1v) is 44.0. The molecule has 5 aromatic heterocycles. The van der Waals surface area contributed by atoms with E-state index in [1.807, 2.05) is 66.2 Å². The van der Waals surface area contributed by atoms with Crippen LogP contribution >= 0.6 is 0 Å². The molecule has 37 nitrogen and oxygen atoms in total. The van der Waals surface area contributed by atoms with Crippen LogP contribution in [0.3, 0.4) is 0 Å². The molecule has 10 heterocycles. The summed E-state index contributed by atoms with van der Waals surface area (Å²) in [5.41, 5.74) is 24.3. The first kappa shape index (κ1) is 94.5. The molecule has 2 bridgehead atoms. The van der Waals surface area contributed by atoms with Gasteiger partial charge in [-0.2, -0.15) is 10.1 Å². The highest BCUT2D eigenvalue weighted by Crippen LogP contribution is 2.39. The molecule has 0 radical (unpaired) electrons. The number of anilines is 4. The molecule has 0 unspecified atom stereocenters. The molecule has 37 heteroatoms. The van der Waals surface area contributed by atoms with Crippen LogP contribution in [-0.2, 0) is 70.3 Å². The number of allylic oxidation sites excluding steroid dienone is 6. The number of rotatable bonds is 23. The van der Waals surface area contributed by atoms with Crippen molar-refractivity contribution < 1.29 is 86.5 Å². The van der Waals surface area contributed by atoms with Crippen LogP contribution in [0, 0.1) is 29.6 Å². The number of aliphatic hydroxyl groups excluding tert-OH is 2. The third-order valence-electron chi connectivity index (χ3n) is 25.2. The van der Waals surface area contributed by atoms with Gasteiger partial charge in [-0.1, -0.05) is 64.2 Å². The summed E-state index contributed by atoms with van der Waals surface area (Å²) in [5.74, 6) is -8.31. The topological polar surface area (TPSA) is 492 Å². The molecule has 4 amide bonds. The number of aromatic nitrogens is 9. The van der Waals surface area contributed by atoms with Crippen LogP contribution in [0.4, 0.5) is 28.5 Å². The number of methoxy groups -OCH3 is 2. The normalized spacial score (nSPS) is 28.1. The number of fused-ring (bicyclic) bond motifs is 5. The second kappa shape index (κ2) is 44.2. The van der Waals surface area contributed by atoms with Crippen molar-refractivity contribution in [3.05, 3.63) is 108 Å². The minimum Gasteiger partial charge on any atom is -0.459 e. The number of piperidine rings is 1. The molecule has 0 spiro atoms. The highest BCUT2D eigenvalue weighted by molar-refractivity contribution is 6.39. The van der Waals surface area contributed by atoms with Gasteiger partial charge in [-0.05, 0) is 132 Å². The Morgan fingerprint density at radius 1 is 0.746 bits per heavy atom. The summed E-state index contributed by atoms with van der Waals surface area (Å²) in [4.78, 5) is 152. The number of unbranched alkanes of at least 4 members (excludes halogenated alkanes) is 1. The van der Waals surface area contributed by atoms with Crippen LogP contribution < -0.4 is 37.6 Å². The first-order chi connectivity index (χ1) is 60.6. The van der Waals surface area contributed by atoms with Crippen molar-refractivity contribution in [2.24, 2.45) is 35.3 Å². The molecular weight excluding hydrogens is 1620 g/mol. The van der Waals surface area contributed by atoms with E-state index < -0.39 is 120 Å². The lowest BCUT2D eigenvalue weighted by Gasteiger charge is -2.42. The van der Waals surface area contributed by atoms with E-state index in [4.69, 9.17) is 55.1 Å². The summed E-state index contributed by atoms with van der Waals surface area (Å²) < 4.78 is 43.4. The zero-order valence-corrected chi connectivity index (χ0v) is 73.3. The van der Waals surface area contributed by atoms with E-state index in [9.17, 15) is 53.7 Å². The Morgan fingerprint density at radius 2 is 1.48 bits per heavy atom. The van der Waals surface area contributed by atoms with Gasteiger partial charge in [0.05, 0.1) is 48.9 Å². The van der Waals surface area contributed by atoms with E-state index in [1.165, 1.54) is 26.4 Å². The number of nitrogen functional groups attached to an aromatic ring is 2. The zero-order valence-electron chi connectivity index (χ0n) is 73.3. The van der Waals surface area contributed by atoms with Crippen LogP contribution in [0.15, 0.2) is 101 Å². The number of piperazine rings is 2. The fourth-order valence-corrected chi connectivity index (χ4v) is 17.5. The predicted octanol–water partition coefficient (Wildman–Crippen LogP) is 5.93. The number of esters is 1. The van der Waals surface area contributed by atoms with Crippen molar-refractivity contribution in [1.82, 2.24) is 70.0 Å². The van der Waals surface area contributed by atoms with Gasteiger partial charge in [0, 0.05) is 172 Å². The summed E-state index contributed by atoms with van der Waals surface area (Å²) in [6.45, 7) is 17.6. The Morgan fingerprint density at radius 3 is 2.21 bits per heavy atom. The summed E-state index contributed by atoms with van der Waals surface area (Å²) in [6, 6.07) is 3.27. The molecule has 1 saturated carbocycles. The zero-order chi connectivity index (χ0) is 89.9. The highest BCUT2D eigenvalue weighted by Gasteiger charge is 2.53. The number of oxazole rings is 1.